The van der Waals surface area contributed by atoms with E-state index < -0.39 is 5.91 Å². The zero-order chi connectivity index (χ0) is 28.2. The van der Waals surface area contributed by atoms with Gasteiger partial charge in [0, 0.05) is 17.1 Å². The van der Waals surface area contributed by atoms with E-state index >= 15 is 0 Å². The first-order valence-electron chi connectivity index (χ1n) is 12.6. The molecule has 0 aliphatic carbocycles. The van der Waals surface area contributed by atoms with Gasteiger partial charge in [0.05, 0.1) is 28.4 Å². The van der Waals surface area contributed by atoms with E-state index in [1.165, 1.54) is 6.21 Å². The second-order valence-electron chi connectivity index (χ2n) is 9.28. The Hall–Kier alpha value is -4.07. The smallest absolute Gasteiger partial charge is 0.272 e. The molecule has 0 atom stereocenters. The summed E-state index contributed by atoms with van der Waals surface area (Å²) in [6.45, 7) is 4.42. The fourth-order valence-electron chi connectivity index (χ4n) is 4.65. The Morgan fingerprint density at radius 2 is 1.75 bits per heavy atom. The number of ether oxygens (including phenoxy) is 2. The van der Waals surface area contributed by atoms with E-state index in [0.717, 1.165) is 33.4 Å². The number of hydrazone groups is 1. The van der Waals surface area contributed by atoms with Crippen molar-refractivity contribution in [1.29, 1.82) is 0 Å². The minimum Gasteiger partial charge on any atom is -0.493 e. The van der Waals surface area contributed by atoms with Crippen LogP contribution in [0.3, 0.4) is 0 Å². The zero-order valence-electron chi connectivity index (χ0n) is 22.2. The Balaban J connectivity index is 1.28. The van der Waals surface area contributed by atoms with Crippen LogP contribution in [0, 0.1) is 13.8 Å². The van der Waals surface area contributed by atoms with Crippen LogP contribution in [0.25, 0.3) is 16.5 Å². The third-order valence-electron chi connectivity index (χ3n) is 6.61. The lowest BCUT2D eigenvalue weighted by molar-refractivity contribution is 0.0955. The van der Waals surface area contributed by atoms with Crippen molar-refractivity contribution in [2.75, 3.05) is 7.11 Å². The van der Waals surface area contributed by atoms with Crippen molar-refractivity contribution in [2.45, 2.75) is 20.5 Å². The van der Waals surface area contributed by atoms with E-state index in [-0.39, 0.29) is 0 Å². The average molecular weight is 617 g/mol. The maximum atomic E-state index is 12.8. The molecule has 0 unspecified atom stereocenters. The molecule has 0 saturated heterocycles. The van der Waals surface area contributed by atoms with Gasteiger partial charge in [-0.1, -0.05) is 54.1 Å². The number of rotatable bonds is 8. The zero-order valence-corrected chi connectivity index (χ0v) is 24.6. The van der Waals surface area contributed by atoms with Crippen LogP contribution >= 0.6 is 27.5 Å². The van der Waals surface area contributed by atoms with Gasteiger partial charge in [-0.25, -0.2) is 5.43 Å². The average Bonchev–Trinajstić information content (AvgIpc) is 3.29. The van der Waals surface area contributed by atoms with E-state index in [9.17, 15) is 4.79 Å². The van der Waals surface area contributed by atoms with Crippen molar-refractivity contribution in [2.24, 2.45) is 5.10 Å². The lowest BCUT2D eigenvalue weighted by Crippen LogP contribution is -2.18. The van der Waals surface area contributed by atoms with Crippen LogP contribution in [-0.2, 0) is 6.61 Å². The first kappa shape index (κ1) is 27.5. The molecule has 8 heteroatoms. The quantitative estimate of drug-likeness (QED) is 0.142. The van der Waals surface area contributed by atoms with Gasteiger partial charge in [0.15, 0.2) is 11.5 Å². The minimum absolute atomic E-state index is 0.334. The third kappa shape index (κ3) is 5.76. The second-order valence-corrected chi connectivity index (χ2v) is 10.5. The number of carbonyl (C=O) groups is 1. The number of benzene rings is 4. The summed E-state index contributed by atoms with van der Waals surface area (Å²) < 4.78 is 14.5. The SMILES string of the molecule is COc1cc(/C=N\NC(=O)c2ccc(-n3c(C)ccc3C)cc2Cl)cc(Br)c1OCc1cccc2ccccc12. The maximum Gasteiger partial charge on any atom is 0.272 e. The van der Waals surface area contributed by atoms with Crippen LogP contribution in [0.4, 0.5) is 0 Å². The highest BCUT2D eigenvalue weighted by Crippen LogP contribution is 2.37. The van der Waals surface area contributed by atoms with Gasteiger partial charge in [-0.2, -0.15) is 5.10 Å². The summed E-state index contributed by atoms with van der Waals surface area (Å²) in [5.74, 6) is 0.711. The van der Waals surface area contributed by atoms with Gasteiger partial charge >= 0.3 is 0 Å². The second kappa shape index (κ2) is 12.0. The van der Waals surface area contributed by atoms with E-state index in [1.807, 2.05) is 56.3 Å². The van der Waals surface area contributed by atoms with Gasteiger partial charge in [0.1, 0.15) is 6.61 Å². The number of methoxy groups -OCH3 is 1. The Morgan fingerprint density at radius 1 is 1.00 bits per heavy atom. The Bertz CT molecular complexity index is 1720. The fourth-order valence-corrected chi connectivity index (χ4v) is 5.49. The molecule has 5 rings (SSSR count). The number of amides is 1. The van der Waals surface area contributed by atoms with E-state index in [4.69, 9.17) is 21.1 Å². The number of fused-ring (bicyclic) bond motifs is 1. The van der Waals surface area contributed by atoms with Crippen molar-refractivity contribution in [3.63, 3.8) is 0 Å². The molecule has 0 spiro atoms. The van der Waals surface area contributed by atoms with Gasteiger partial charge in [-0.3, -0.25) is 4.79 Å². The molecule has 40 heavy (non-hydrogen) atoms. The van der Waals surface area contributed by atoms with E-state index in [0.29, 0.717) is 38.7 Å². The molecule has 0 saturated carbocycles. The number of aryl methyl sites for hydroxylation is 2. The van der Waals surface area contributed by atoms with Gasteiger partial charge < -0.3 is 14.0 Å². The molecular weight excluding hydrogens is 590 g/mol. The molecule has 0 radical (unpaired) electrons. The van der Waals surface area contributed by atoms with Gasteiger partial charge in [0.25, 0.3) is 5.91 Å². The number of nitrogens with zero attached hydrogens (tertiary/aromatic N) is 2. The van der Waals surface area contributed by atoms with Crippen LogP contribution in [0.15, 0.2) is 94.5 Å². The Labute approximate surface area is 246 Å². The predicted molar refractivity (Wildman–Crippen MR) is 164 cm³/mol. The van der Waals surface area contributed by atoms with Crippen molar-refractivity contribution < 1.29 is 14.3 Å². The van der Waals surface area contributed by atoms with Crippen molar-refractivity contribution in [1.82, 2.24) is 9.99 Å². The summed E-state index contributed by atoms with van der Waals surface area (Å²) >= 11 is 10.1. The molecule has 5 aromatic rings. The van der Waals surface area contributed by atoms with Crippen molar-refractivity contribution >= 4 is 50.4 Å². The van der Waals surface area contributed by atoms with Gasteiger partial charge in [-0.05, 0) is 94.1 Å². The Morgan fingerprint density at radius 3 is 2.50 bits per heavy atom. The number of carbonyl (C=O) groups excluding carboxylic acids is 1. The molecule has 0 bridgehead atoms. The molecule has 0 aliphatic heterocycles. The van der Waals surface area contributed by atoms with Crippen molar-refractivity contribution in [3.05, 3.63) is 123 Å². The standard InChI is InChI=1S/C32H27BrClN3O3/c1-20-11-12-21(2)37(20)25-13-14-27(29(34)17-25)32(38)36-35-18-22-15-28(33)31(30(16-22)39-3)40-19-24-9-6-8-23-7-4-5-10-26(23)24/h4-18H,19H2,1-3H3,(H,36,38)/b35-18-. The van der Waals surface area contributed by atoms with E-state index in [2.05, 4.69) is 55.3 Å². The largest absolute Gasteiger partial charge is 0.493 e. The highest BCUT2D eigenvalue weighted by molar-refractivity contribution is 9.10. The lowest BCUT2D eigenvalue weighted by atomic mass is 10.1. The molecule has 202 valence electrons. The summed E-state index contributed by atoms with van der Waals surface area (Å²) in [5.41, 5.74) is 7.73. The highest BCUT2D eigenvalue weighted by Gasteiger charge is 2.14. The summed E-state index contributed by atoms with van der Waals surface area (Å²) in [6, 6.07) is 27.4. The summed E-state index contributed by atoms with van der Waals surface area (Å²) in [4.78, 5) is 12.8. The fraction of sp³-hybridized carbons (Fsp3) is 0.125. The molecule has 1 aromatic heterocycles. The Kier molecular flexibility index (Phi) is 8.24. The third-order valence-corrected chi connectivity index (χ3v) is 7.51. The molecule has 4 aromatic carbocycles. The lowest BCUT2D eigenvalue weighted by Gasteiger charge is -2.14. The monoisotopic (exact) mass is 615 g/mol. The van der Waals surface area contributed by atoms with Crippen LogP contribution in [0.5, 0.6) is 11.5 Å². The normalized spacial score (nSPS) is 11.2. The van der Waals surface area contributed by atoms with Gasteiger partial charge in [-0.15, -0.1) is 0 Å². The topological polar surface area (TPSA) is 64.8 Å². The number of hydrogen-bond donors (Lipinski definition) is 1. The molecule has 1 N–H and O–H groups in total. The molecule has 6 nitrogen and oxygen atoms in total. The molecule has 1 heterocycles. The predicted octanol–water partition coefficient (Wildman–Crippen LogP) is 8.01. The molecule has 0 fully saturated rings. The first-order valence-corrected chi connectivity index (χ1v) is 13.8. The summed E-state index contributed by atoms with van der Waals surface area (Å²) in [5, 5.41) is 6.77. The van der Waals surface area contributed by atoms with Gasteiger partial charge in [0.2, 0.25) is 0 Å². The van der Waals surface area contributed by atoms with Crippen molar-refractivity contribution in [3.8, 4) is 17.2 Å². The van der Waals surface area contributed by atoms with Crippen LogP contribution in [0.1, 0.15) is 32.9 Å². The maximum absolute atomic E-state index is 12.8. The molecule has 0 aliphatic rings. The van der Waals surface area contributed by atoms with Crippen LogP contribution < -0.4 is 14.9 Å². The molecular formula is C32H27BrClN3O3. The number of halogens is 2. The summed E-state index contributed by atoms with van der Waals surface area (Å²) in [7, 11) is 1.58. The highest BCUT2D eigenvalue weighted by atomic mass is 79.9. The van der Waals surface area contributed by atoms with E-state index in [1.54, 1.807) is 25.3 Å². The molecule has 1 amide bonds. The van der Waals surface area contributed by atoms with Crippen LogP contribution in [0.2, 0.25) is 5.02 Å². The number of aromatic nitrogens is 1. The van der Waals surface area contributed by atoms with Crippen LogP contribution in [-0.4, -0.2) is 23.8 Å². The number of nitrogens with one attached hydrogen (secondary N) is 1. The number of hydrogen-bond acceptors (Lipinski definition) is 4. The summed E-state index contributed by atoms with van der Waals surface area (Å²) in [6.07, 6.45) is 1.54. The minimum atomic E-state index is -0.408. The first-order chi connectivity index (χ1) is 19.4.